The minimum Gasteiger partial charge on any atom is -0.478 e. The molecule has 0 radical (unpaired) electrons. The number of carbonyl (C=O) groups is 1. The summed E-state index contributed by atoms with van der Waals surface area (Å²) in [5.74, 6) is -0.438. The molecule has 2 N–H and O–H groups in total. The van der Waals surface area contributed by atoms with Crippen molar-refractivity contribution < 1.29 is 9.90 Å². The molecule has 0 atom stereocenters. The van der Waals surface area contributed by atoms with Crippen LogP contribution >= 0.6 is 11.3 Å². The maximum absolute atomic E-state index is 11.0. The molecule has 0 aliphatic carbocycles. The molecule has 2 heterocycles. The van der Waals surface area contributed by atoms with Crippen LogP contribution in [0.2, 0.25) is 0 Å². The van der Waals surface area contributed by atoms with Crippen LogP contribution in [0.15, 0.2) is 17.5 Å². The smallest absolute Gasteiger partial charge is 0.335 e. The molecule has 0 unspecified atom stereocenters. The van der Waals surface area contributed by atoms with Crippen LogP contribution in [0, 0.1) is 6.92 Å². The molecule has 6 heteroatoms. The molecule has 0 bridgehead atoms. The molecule has 0 aliphatic heterocycles. The molecule has 18 heavy (non-hydrogen) atoms. The van der Waals surface area contributed by atoms with Crippen LogP contribution in [-0.4, -0.2) is 21.0 Å². The van der Waals surface area contributed by atoms with E-state index in [0.29, 0.717) is 17.4 Å². The summed E-state index contributed by atoms with van der Waals surface area (Å²) in [5, 5.41) is 14.7. The number of pyridine rings is 1. The predicted octanol–water partition coefficient (Wildman–Crippen LogP) is 2.85. The standard InChI is InChI=1S/C12H13N3O2S/c1-3-9-4-8(11(16)17)5-10(14-9)15-12-13-7(2)6-18-12/h4-6H,3H2,1-2H3,(H,16,17)(H,13,14,15). The van der Waals surface area contributed by atoms with Gasteiger partial charge in [-0.3, -0.25) is 0 Å². The summed E-state index contributed by atoms with van der Waals surface area (Å²) in [4.78, 5) is 19.6. The highest BCUT2D eigenvalue weighted by molar-refractivity contribution is 7.13. The summed E-state index contributed by atoms with van der Waals surface area (Å²) in [5.41, 5.74) is 1.90. The molecule has 0 fully saturated rings. The van der Waals surface area contributed by atoms with Crippen LogP contribution < -0.4 is 5.32 Å². The summed E-state index contributed by atoms with van der Waals surface area (Å²) < 4.78 is 0. The lowest BCUT2D eigenvalue weighted by molar-refractivity contribution is 0.0696. The van der Waals surface area contributed by atoms with E-state index in [1.54, 1.807) is 6.07 Å². The van der Waals surface area contributed by atoms with Crippen molar-refractivity contribution in [3.8, 4) is 0 Å². The SMILES string of the molecule is CCc1cc(C(=O)O)cc(Nc2nc(C)cs2)n1. The molecule has 2 aromatic rings. The van der Waals surface area contributed by atoms with E-state index in [9.17, 15) is 4.79 Å². The molecule has 0 spiro atoms. The molecule has 2 rings (SSSR count). The fourth-order valence-electron chi connectivity index (χ4n) is 1.48. The molecular weight excluding hydrogens is 250 g/mol. The largest absolute Gasteiger partial charge is 0.478 e. The number of nitrogens with one attached hydrogen (secondary N) is 1. The van der Waals surface area contributed by atoms with Crippen molar-refractivity contribution in [3.63, 3.8) is 0 Å². The Kier molecular flexibility index (Phi) is 3.57. The lowest BCUT2D eigenvalue weighted by atomic mass is 10.2. The second-order valence-electron chi connectivity index (χ2n) is 3.81. The van der Waals surface area contributed by atoms with Crippen molar-refractivity contribution in [1.29, 1.82) is 0 Å². The molecule has 0 amide bonds. The number of aromatic nitrogens is 2. The number of nitrogens with zero attached hydrogens (tertiary/aromatic N) is 2. The van der Waals surface area contributed by atoms with E-state index < -0.39 is 5.97 Å². The van der Waals surface area contributed by atoms with E-state index in [2.05, 4.69) is 15.3 Å². The van der Waals surface area contributed by atoms with Crippen molar-refractivity contribution >= 4 is 28.3 Å². The first-order valence-corrected chi connectivity index (χ1v) is 6.40. The lowest BCUT2D eigenvalue weighted by Gasteiger charge is -2.06. The summed E-state index contributed by atoms with van der Waals surface area (Å²) in [6, 6.07) is 3.10. The van der Waals surface area contributed by atoms with E-state index in [1.165, 1.54) is 17.4 Å². The first-order valence-electron chi connectivity index (χ1n) is 5.52. The van der Waals surface area contributed by atoms with E-state index in [1.807, 2.05) is 19.2 Å². The number of hydrogen-bond donors (Lipinski definition) is 2. The van der Waals surface area contributed by atoms with Crippen molar-refractivity contribution in [2.24, 2.45) is 0 Å². The van der Waals surface area contributed by atoms with Gasteiger partial charge in [0.15, 0.2) is 5.13 Å². The van der Waals surface area contributed by atoms with Gasteiger partial charge in [-0.2, -0.15) is 0 Å². The van der Waals surface area contributed by atoms with E-state index in [-0.39, 0.29) is 5.56 Å². The first kappa shape index (κ1) is 12.5. The minimum atomic E-state index is -0.953. The topological polar surface area (TPSA) is 75.1 Å². The Morgan fingerprint density at radius 1 is 1.44 bits per heavy atom. The lowest BCUT2D eigenvalue weighted by Crippen LogP contribution is -2.03. The van der Waals surface area contributed by atoms with Crippen molar-refractivity contribution in [3.05, 3.63) is 34.5 Å². The number of anilines is 2. The molecule has 0 aromatic carbocycles. The van der Waals surface area contributed by atoms with Gasteiger partial charge in [0.05, 0.1) is 11.3 Å². The Bertz CT molecular complexity index is 580. The van der Waals surface area contributed by atoms with Gasteiger partial charge in [0.25, 0.3) is 0 Å². The highest BCUT2D eigenvalue weighted by Crippen LogP contribution is 2.20. The van der Waals surface area contributed by atoms with Gasteiger partial charge in [-0.05, 0) is 25.5 Å². The van der Waals surface area contributed by atoms with Crippen LogP contribution in [0.1, 0.15) is 28.7 Å². The highest BCUT2D eigenvalue weighted by atomic mass is 32.1. The number of aromatic carboxylic acids is 1. The quantitative estimate of drug-likeness (QED) is 0.887. The van der Waals surface area contributed by atoms with Crippen LogP contribution in [0.25, 0.3) is 0 Å². The van der Waals surface area contributed by atoms with E-state index in [4.69, 9.17) is 5.11 Å². The fourth-order valence-corrected chi connectivity index (χ4v) is 2.17. The third-order valence-electron chi connectivity index (χ3n) is 2.34. The van der Waals surface area contributed by atoms with Crippen LogP contribution in [0.3, 0.4) is 0 Å². The summed E-state index contributed by atoms with van der Waals surface area (Å²) in [7, 11) is 0. The average Bonchev–Trinajstić information content (AvgIpc) is 2.74. The average molecular weight is 263 g/mol. The zero-order chi connectivity index (χ0) is 13.1. The number of rotatable bonds is 4. The van der Waals surface area contributed by atoms with Crippen LogP contribution in [0.4, 0.5) is 10.9 Å². The second kappa shape index (κ2) is 5.14. The van der Waals surface area contributed by atoms with E-state index >= 15 is 0 Å². The van der Waals surface area contributed by atoms with Gasteiger partial charge in [0, 0.05) is 11.1 Å². The van der Waals surface area contributed by atoms with Crippen molar-refractivity contribution in [2.75, 3.05) is 5.32 Å². The van der Waals surface area contributed by atoms with Crippen molar-refractivity contribution in [1.82, 2.24) is 9.97 Å². The first-order chi connectivity index (χ1) is 8.58. The number of thiazole rings is 1. The zero-order valence-corrected chi connectivity index (χ0v) is 10.9. The van der Waals surface area contributed by atoms with Gasteiger partial charge in [-0.25, -0.2) is 14.8 Å². The Morgan fingerprint density at radius 3 is 2.78 bits per heavy atom. The number of aryl methyl sites for hydroxylation is 2. The van der Waals surface area contributed by atoms with Gasteiger partial charge in [0.2, 0.25) is 0 Å². The van der Waals surface area contributed by atoms with Crippen LogP contribution in [0.5, 0.6) is 0 Å². The summed E-state index contributed by atoms with van der Waals surface area (Å²) in [6.45, 7) is 3.84. The van der Waals surface area contributed by atoms with Gasteiger partial charge >= 0.3 is 5.97 Å². The highest BCUT2D eigenvalue weighted by Gasteiger charge is 2.09. The predicted molar refractivity (Wildman–Crippen MR) is 70.7 cm³/mol. The normalized spacial score (nSPS) is 10.3. The Hall–Kier alpha value is -1.95. The zero-order valence-electron chi connectivity index (χ0n) is 10.1. The third-order valence-corrected chi connectivity index (χ3v) is 3.22. The number of carboxylic acid groups (broad SMARTS) is 1. The Morgan fingerprint density at radius 2 is 2.22 bits per heavy atom. The Labute approximate surface area is 109 Å². The molecule has 0 saturated heterocycles. The second-order valence-corrected chi connectivity index (χ2v) is 4.67. The number of hydrogen-bond acceptors (Lipinski definition) is 5. The van der Waals surface area contributed by atoms with Gasteiger partial charge in [-0.1, -0.05) is 6.92 Å². The van der Waals surface area contributed by atoms with Crippen molar-refractivity contribution in [2.45, 2.75) is 20.3 Å². The molecule has 0 saturated carbocycles. The molecule has 0 aliphatic rings. The Balaban J connectivity index is 2.32. The maximum Gasteiger partial charge on any atom is 0.335 e. The molecule has 2 aromatic heterocycles. The number of carboxylic acids is 1. The van der Waals surface area contributed by atoms with Crippen LogP contribution in [-0.2, 0) is 6.42 Å². The monoisotopic (exact) mass is 263 g/mol. The van der Waals surface area contributed by atoms with E-state index in [0.717, 1.165) is 11.4 Å². The molecular formula is C12H13N3O2S. The minimum absolute atomic E-state index is 0.234. The fraction of sp³-hybridized carbons (Fsp3) is 0.250. The third kappa shape index (κ3) is 2.84. The molecule has 5 nitrogen and oxygen atoms in total. The maximum atomic E-state index is 11.0. The summed E-state index contributed by atoms with van der Waals surface area (Å²) >= 11 is 1.46. The van der Waals surface area contributed by atoms with Gasteiger partial charge in [0.1, 0.15) is 5.82 Å². The van der Waals surface area contributed by atoms with Gasteiger partial charge < -0.3 is 10.4 Å². The summed E-state index contributed by atoms with van der Waals surface area (Å²) in [6.07, 6.45) is 0.687. The molecule has 94 valence electrons. The van der Waals surface area contributed by atoms with Gasteiger partial charge in [-0.15, -0.1) is 11.3 Å².